The summed E-state index contributed by atoms with van der Waals surface area (Å²) in [4.78, 5) is 17.0. The summed E-state index contributed by atoms with van der Waals surface area (Å²) in [5.41, 5.74) is 4.16. The van der Waals surface area contributed by atoms with Crippen molar-refractivity contribution in [2.45, 2.75) is 26.2 Å². The normalized spacial score (nSPS) is 10.9. The molecule has 0 saturated carbocycles. The maximum atomic E-state index is 8.49. The third-order valence-electron chi connectivity index (χ3n) is 6.57. The van der Waals surface area contributed by atoms with Gasteiger partial charge < -0.3 is 40.2 Å². The first-order valence-electron chi connectivity index (χ1n) is 19.1. The number of hydrogen-bond acceptors (Lipinski definition) is 28. The van der Waals surface area contributed by atoms with E-state index in [0.29, 0.717) is 52.9 Å². The predicted molar refractivity (Wildman–Crippen MR) is 187 cm³/mol. The molecule has 0 spiro atoms. The van der Waals surface area contributed by atoms with Crippen molar-refractivity contribution in [1.82, 2.24) is 41.2 Å². The van der Waals surface area contributed by atoms with E-state index in [1.54, 1.807) is 24.8 Å². The van der Waals surface area contributed by atoms with Gasteiger partial charge >= 0.3 is 34.1 Å². The summed E-state index contributed by atoms with van der Waals surface area (Å²) in [7, 11) is -19.8. The number of rotatable bonds is 26. The van der Waals surface area contributed by atoms with Gasteiger partial charge in [0.25, 0.3) is 0 Å². The Balaban J connectivity index is -0.000000440. The number of nitrogens with zero attached hydrogens (tertiary/aromatic N) is 4. The van der Waals surface area contributed by atoms with Gasteiger partial charge in [0.15, 0.2) is 0 Å². The Labute approximate surface area is 433 Å². The summed E-state index contributed by atoms with van der Waals surface area (Å²) in [6, 6.07) is 23.6. The number of nitrogens with one attached hydrogen (secondary N) is 4. The molecular formula is C36H52Cl4Cu2N8O20. The zero-order valence-corrected chi connectivity index (χ0v) is 41.5. The average molecular weight is 1190 g/mol. The Morgan fingerprint density at radius 2 is 0.471 bits per heavy atom. The van der Waals surface area contributed by atoms with Crippen LogP contribution < -0.4 is 95.8 Å². The van der Waals surface area contributed by atoms with E-state index in [4.69, 9.17) is 93.5 Å². The summed E-state index contributed by atoms with van der Waals surface area (Å²) in [6.45, 7) is 11.5. The van der Waals surface area contributed by atoms with E-state index >= 15 is 0 Å². The molecule has 34 heteroatoms. The zero-order chi connectivity index (χ0) is 51.4. The number of hydrogen-bond donors (Lipinski definition) is 4. The molecule has 0 aliphatic carbocycles. The Kier molecular flexibility index (Phi) is 50.8. The molecule has 0 aliphatic rings. The third-order valence-corrected chi connectivity index (χ3v) is 6.57. The first-order chi connectivity index (χ1) is 31.9. The predicted octanol–water partition coefficient (Wildman–Crippen LogP) is -16.3. The van der Waals surface area contributed by atoms with Gasteiger partial charge in [0.05, 0.1) is 75.6 Å². The van der Waals surface area contributed by atoms with Crippen LogP contribution in [0.5, 0.6) is 0 Å². The van der Waals surface area contributed by atoms with E-state index in [1.165, 1.54) is 0 Å². The van der Waals surface area contributed by atoms with Gasteiger partial charge in [-0.15, -0.1) is 41.0 Å². The maximum Gasteiger partial charge on any atom is 2.00 e. The molecule has 0 fully saturated rings. The van der Waals surface area contributed by atoms with Crippen LogP contribution >= 0.6 is 0 Å². The number of ether oxygens (including phenoxy) is 4. The standard InChI is InChI=1S/2C18H26N4O2.4ClHO4.2Cu/c2*1-3-7-21-17(5-1)15-19-9-11-23-13-14-24-12-10-20-16-18-6-2-4-8-22-18;4*2-1(3,4)5;;/h2*1-8,19-20H,9-16H2;4*(H,2,3,4,5);;/q;;;;;;2*+2/p-4. The monoisotopic (exact) mass is 1180 g/mol. The first kappa shape index (κ1) is 74.4. The minimum Gasteiger partial charge on any atom is -0.378 e. The SMILES string of the molecule is [Cu+2].[Cu+2].[O-][Cl+3]([O-])([O-])[O-].[O-][Cl+3]([O-])([O-])[O-].[O-][Cl+3]([O-])([O-])[O-].[O-][Cl+3]([O-])([O-])[O-].c1ccc(CNCCOCCOCCNCc2ccccn2)nc1.c1ccc(CNCCOCCOCCNCc2ccccn2)nc1. The van der Waals surface area contributed by atoms with Crippen molar-refractivity contribution < 1.29 is 169 Å². The van der Waals surface area contributed by atoms with E-state index in [1.807, 2.05) is 72.8 Å². The molecule has 0 bridgehead atoms. The summed E-state index contributed by atoms with van der Waals surface area (Å²) in [5.74, 6) is 0. The van der Waals surface area contributed by atoms with Crippen molar-refractivity contribution in [3.8, 4) is 0 Å². The molecule has 0 aliphatic heterocycles. The summed E-state index contributed by atoms with van der Waals surface area (Å²) >= 11 is 0. The van der Waals surface area contributed by atoms with Gasteiger partial charge in [0.1, 0.15) is 0 Å². The fourth-order valence-corrected chi connectivity index (χ4v) is 4.10. The molecule has 2 radical (unpaired) electrons. The Morgan fingerprint density at radius 1 is 0.300 bits per heavy atom. The summed E-state index contributed by atoms with van der Waals surface area (Å²) < 4.78 is 158. The van der Waals surface area contributed by atoms with Gasteiger partial charge in [-0.3, -0.25) is 19.9 Å². The van der Waals surface area contributed by atoms with E-state index < -0.39 is 41.0 Å². The van der Waals surface area contributed by atoms with Crippen molar-refractivity contribution >= 4 is 0 Å². The molecule has 0 aromatic carbocycles. The molecular weight excluding hydrogens is 1130 g/mol. The molecule has 0 saturated heterocycles. The largest absolute Gasteiger partial charge is 2.00 e. The van der Waals surface area contributed by atoms with Crippen LogP contribution in [0.15, 0.2) is 97.6 Å². The van der Waals surface area contributed by atoms with Crippen LogP contribution in [0.3, 0.4) is 0 Å². The molecule has 0 amide bonds. The second kappa shape index (κ2) is 47.8. The van der Waals surface area contributed by atoms with Crippen molar-refractivity contribution in [2.24, 2.45) is 0 Å². The van der Waals surface area contributed by atoms with Crippen LogP contribution in [0.4, 0.5) is 0 Å². The van der Waals surface area contributed by atoms with E-state index in [0.717, 1.165) is 75.1 Å². The first-order valence-corrected chi connectivity index (χ1v) is 24.0. The summed E-state index contributed by atoms with van der Waals surface area (Å²) in [5, 5.41) is 13.2. The molecule has 28 nitrogen and oxygen atoms in total. The number of halogens is 4. The maximum absolute atomic E-state index is 8.49. The molecule has 0 unspecified atom stereocenters. The van der Waals surface area contributed by atoms with Crippen LogP contribution in [0.1, 0.15) is 22.8 Å². The van der Waals surface area contributed by atoms with Gasteiger partial charge in [0, 0.05) is 77.1 Å². The van der Waals surface area contributed by atoms with Crippen molar-refractivity contribution in [3.05, 3.63) is 120 Å². The molecule has 406 valence electrons. The minimum atomic E-state index is -4.94. The Hall–Kier alpha value is -2.16. The quantitative estimate of drug-likeness (QED) is 0.0335. The van der Waals surface area contributed by atoms with Crippen LogP contribution in [0, 0.1) is 41.0 Å². The number of pyridine rings is 4. The van der Waals surface area contributed by atoms with E-state index in [-0.39, 0.29) is 34.1 Å². The van der Waals surface area contributed by atoms with E-state index in [2.05, 4.69) is 41.2 Å². The minimum absolute atomic E-state index is 0. The summed E-state index contributed by atoms with van der Waals surface area (Å²) in [6.07, 6.45) is 7.21. The van der Waals surface area contributed by atoms with Gasteiger partial charge in [-0.25, -0.2) is 74.5 Å². The Morgan fingerprint density at radius 3 is 0.614 bits per heavy atom. The molecule has 70 heavy (non-hydrogen) atoms. The van der Waals surface area contributed by atoms with Crippen LogP contribution in [-0.4, -0.2) is 99.0 Å². The van der Waals surface area contributed by atoms with Crippen LogP contribution in [-0.2, 0) is 79.3 Å². The zero-order valence-electron chi connectivity index (χ0n) is 36.6. The van der Waals surface area contributed by atoms with E-state index in [9.17, 15) is 0 Å². The topological polar surface area (TPSA) is 506 Å². The fourth-order valence-electron chi connectivity index (χ4n) is 4.10. The fraction of sp³-hybridized carbons (Fsp3) is 0.444. The van der Waals surface area contributed by atoms with Crippen LogP contribution in [0.25, 0.3) is 0 Å². The van der Waals surface area contributed by atoms with Gasteiger partial charge in [-0.1, -0.05) is 24.3 Å². The van der Waals surface area contributed by atoms with Crippen LogP contribution in [0.2, 0.25) is 0 Å². The average Bonchev–Trinajstić information content (AvgIpc) is 3.24. The number of aromatic nitrogens is 4. The molecule has 4 N–H and O–H groups in total. The van der Waals surface area contributed by atoms with Gasteiger partial charge in [-0.05, 0) is 48.5 Å². The van der Waals surface area contributed by atoms with Crippen molar-refractivity contribution in [1.29, 1.82) is 0 Å². The third kappa shape index (κ3) is 77.3. The Bertz CT molecular complexity index is 1410. The molecule has 4 rings (SSSR count). The smallest absolute Gasteiger partial charge is 0.378 e. The second-order valence-corrected chi connectivity index (χ2v) is 15.0. The van der Waals surface area contributed by atoms with Crippen molar-refractivity contribution in [3.63, 3.8) is 0 Å². The van der Waals surface area contributed by atoms with Crippen molar-refractivity contribution in [2.75, 3.05) is 79.0 Å². The second-order valence-electron chi connectivity index (χ2n) is 12.0. The molecule has 4 aromatic rings. The van der Waals surface area contributed by atoms with Gasteiger partial charge in [-0.2, -0.15) is 0 Å². The van der Waals surface area contributed by atoms with Gasteiger partial charge in [0.2, 0.25) is 0 Å². The molecule has 4 heterocycles. The molecule has 4 aromatic heterocycles. The molecule has 0 atom stereocenters.